The molecule has 0 spiro atoms. The van der Waals surface area contributed by atoms with Gasteiger partial charge in [-0.15, -0.1) is 0 Å². The number of benzene rings is 1. The van der Waals surface area contributed by atoms with Gasteiger partial charge in [-0.1, -0.05) is 44.0 Å². The smallest absolute Gasteiger partial charge is 0.415 e. The molecule has 37 heavy (non-hydrogen) atoms. The molecule has 0 N–H and O–H groups in total. The number of carbonyl (C=O) groups is 2. The molecule has 0 bridgehead atoms. The minimum atomic E-state index is -1.93. The molecule has 1 aromatic carbocycles. The van der Waals surface area contributed by atoms with Crippen LogP contribution in [0.2, 0.25) is 28.2 Å². The van der Waals surface area contributed by atoms with Gasteiger partial charge in [0.2, 0.25) is 0 Å². The Hall–Kier alpha value is -2.25. The summed E-state index contributed by atoms with van der Waals surface area (Å²) in [5, 5.41) is 10.6. The van der Waals surface area contributed by atoms with Crippen molar-refractivity contribution in [3.63, 3.8) is 0 Å². The maximum Gasteiger partial charge on any atom is 0.415 e. The molecule has 11 heteroatoms. The number of hydrogen-bond donors (Lipinski definition) is 0. The van der Waals surface area contributed by atoms with Gasteiger partial charge in [0.1, 0.15) is 17.8 Å². The number of halogens is 2. The van der Waals surface area contributed by atoms with E-state index in [9.17, 15) is 14.9 Å². The number of amides is 2. The van der Waals surface area contributed by atoms with Crippen LogP contribution in [0.15, 0.2) is 12.1 Å². The van der Waals surface area contributed by atoms with Crippen LogP contribution in [0.4, 0.5) is 10.5 Å². The van der Waals surface area contributed by atoms with Crippen molar-refractivity contribution in [2.24, 2.45) is 0 Å². The molecule has 0 radical (unpaired) electrons. The van der Waals surface area contributed by atoms with Crippen molar-refractivity contribution in [3.8, 4) is 6.07 Å². The Bertz CT molecular complexity index is 1250. The van der Waals surface area contributed by atoms with E-state index in [4.69, 9.17) is 32.4 Å². The first-order chi connectivity index (χ1) is 17.0. The fraction of sp³-hybridized carbons (Fsp3) is 0.577. The Morgan fingerprint density at radius 2 is 1.81 bits per heavy atom. The lowest BCUT2D eigenvalue weighted by Gasteiger charge is -2.37. The molecule has 0 saturated carbocycles. The minimum absolute atomic E-state index is 0.0845. The predicted octanol–water partition coefficient (Wildman–Crippen LogP) is 6.69. The second-order valence-electron chi connectivity index (χ2n) is 11.8. The summed E-state index contributed by atoms with van der Waals surface area (Å²) in [4.78, 5) is 29.5. The molecule has 2 amide bonds. The van der Waals surface area contributed by atoms with Gasteiger partial charge in [-0.2, -0.15) is 5.26 Å². The van der Waals surface area contributed by atoms with Crippen LogP contribution in [0.25, 0.3) is 10.9 Å². The van der Waals surface area contributed by atoms with E-state index in [0.29, 0.717) is 48.5 Å². The largest absolute Gasteiger partial charge is 0.443 e. The van der Waals surface area contributed by atoms with E-state index < -0.39 is 20.0 Å². The molecule has 0 atom stereocenters. The van der Waals surface area contributed by atoms with Crippen molar-refractivity contribution in [3.05, 3.63) is 27.9 Å². The monoisotopic (exact) mass is 566 g/mol. The van der Waals surface area contributed by atoms with Gasteiger partial charge in [0.25, 0.3) is 5.91 Å². The molecule has 2 heterocycles. The second kappa shape index (κ2) is 10.5. The number of ether oxygens (including phenoxy) is 1. The Morgan fingerprint density at radius 3 is 2.38 bits per heavy atom. The molecular weight excluding hydrogens is 531 g/mol. The number of carbonyl (C=O) groups excluding carboxylic acids is 2. The number of nitrogens with zero attached hydrogens (tertiary/aromatic N) is 4. The predicted molar refractivity (Wildman–Crippen MR) is 150 cm³/mol. The van der Waals surface area contributed by atoms with E-state index in [-0.39, 0.29) is 27.5 Å². The lowest BCUT2D eigenvalue weighted by atomic mass is 10.2. The summed E-state index contributed by atoms with van der Waals surface area (Å²) >= 11 is 13.1. The molecule has 1 aliphatic heterocycles. The summed E-state index contributed by atoms with van der Waals surface area (Å²) in [6, 6.07) is 5.26. The van der Waals surface area contributed by atoms with Crippen molar-refractivity contribution >= 4 is 60.1 Å². The molecule has 2 aromatic rings. The van der Waals surface area contributed by atoms with Crippen LogP contribution in [-0.4, -0.2) is 61.6 Å². The van der Waals surface area contributed by atoms with Crippen LogP contribution < -0.4 is 4.90 Å². The molecule has 3 rings (SSSR count). The number of rotatable bonds is 6. The second-order valence-corrected chi connectivity index (χ2v) is 17.4. The standard InChI is InChI=1S/C26H36Cl2N4O4Si/c1-25(2,3)36-24(34)32(10-9-29)19-16-18(27)21(28)22-17(19)15-20-23(33)30(11-12-31(20)22)13-14-35-37(7,8)26(4,5)6/h15-16H,10-14H2,1-8H3. The molecule has 1 aliphatic rings. The van der Waals surface area contributed by atoms with E-state index in [1.54, 1.807) is 31.7 Å². The highest BCUT2D eigenvalue weighted by Gasteiger charge is 2.37. The maximum atomic E-state index is 13.5. The van der Waals surface area contributed by atoms with Crippen molar-refractivity contribution in [2.75, 3.05) is 31.1 Å². The Balaban J connectivity index is 1.98. The minimum Gasteiger partial charge on any atom is -0.443 e. The van der Waals surface area contributed by atoms with E-state index in [0.717, 1.165) is 0 Å². The zero-order chi connectivity index (χ0) is 27.9. The van der Waals surface area contributed by atoms with Gasteiger partial charge in [-0.05, 0) is 51.0 Å². The first-order valence-electron chi connectivity index (χ1n) is 12.3. The molecule has 0 aliphatic carbocycles. The molecule has 0 saturated heterocycles. The summed E-state index contributed by atoms with van der Waals surface area (Å²) in [6.45, 7) is 17.9. The zero-order valence-electron chi connectivity index (χ0n) is 22.9. The van der Waals surface area contributed by atoms with Gasteiger partial charge in [0.05, 0.1) is 33.9 Å². The number of hydrogen-bond acceptors (Lipinski definition) is 5. The van der Waals surface area contributed by atoms with Gasteiger partial charge in [0.15, 0.2) is 8.32 Å². The van der Waals surface area contributed by atoms with Crippen LogP contribution in [0, 0.1) is 11.3 Å². The van der Waals surface area contributed by atoms with E-state index in [1.165, 1.54) is 11.0 Å². The summed E-state index contributed by atoms with van der Waals surface area (Å²) < 4.78 is 13.6. The fourth-order valence-corrected chi connectivity index (χ4v) is 5.43. The van der Waals surface area contributed by atoms with E-state index in [2.05, 4.69) is 33.9 Å². The summed E-state index contributed by atoms with van der Waals surface area (Å²) in [5.74, 6) is -0.150. The van der Waals surface area contributed by atoms with Crippen LogP contribution in [0.1, 0.15) is 52.0 Å². The lowest BCUT2D eigenvalue weighted by Crippen LogP contribution is -2.45. The number of aromatic nitrogens is 1. The lowest BCUT2D eigenvalue weighted by molar-refractivity contribution is 0.0584. The van der Waals surface area contributed by atoms with Crippen LogP contribution in [0.5, 0.6) is 0 Å². The Morgan fingerprint density at radius 1 is 1.16 bits per heavy atom. The number of anilines is 1. The molecule has 8 nitrogen and oxygen atoms in total. The average Bonchev–Trinajstić information content (AvgIpc) is 3.15. The first kappa shape index (κ1) is 29.3. The third-order valence-corrected chi connectivity index (χ3v) is 12.2. The highest BCUT2D eigenvalue weighted by Crippen LogP contribution is 2.41. The van der Waals surface area contributed by atoms with Gasteiger partial charge < -0.3 is 18.6 Å². The molecular formula is C26H36Cl2N4O4Si. The molecule has 1 aromatic heterocycles. The van der Waals surface area contributed by atoms with Crippen LogP contribution in [-0.2, 0) is 15.7 Å². The third kappa shape index (κ3) is 6.09. The van der Waals surface area contributed by atoms with Gasteiger partial charge in [0, 0.05) is 25.0 Å². The highest BCUT2D eigenvalue weighted by molar-refractivity contribution is 6.74. The zero-order valence-corrected chi connectivity index (χ0v) is 25.4. The van der Waals surface area contributed by atoms with Crippen LogP contribution >= 0.6 is 23.2 Å². The van der Waals surface area contributed by atoms with Crippen molar-refractivity contribution in [1.29, 1.82) is 5.26 Å². The topological polar surface area (TPSA) is 87.8 Å². The van der Waals surface area contributed by atoms with Crippen molar-refractivity contribution in [2.45, 2.75) is 71.8 Å². The van der Waals surface area contributed by atoms with Crippen molar-refractivity contribution < 1.29 is 18.8 Å². The molecule has 0 fully saturated rings. The average molecular weight is 568 g/mol. The normalized spacial score (nSPS) is 14.5. The van der Waals surface area contributed by atoms with Crippen molar-refractivity contribution in [1.82, 2.24) is 9.47 Å². The molecule has 0 unspecified atom stereocenters. The highest BCUT2D eigenvalue weighted by atomic mass is 35.5. The van der Waals surface area contributed by atoms with Crippen LogP contribution in [0.3, 0.4) is 0 Å². The number of fused-ring (bicyclic) bond motifs is 3. The number of nitriles is 1. The third-order valence-electron chi connectivity index (χ3n) is 6.92. The van der Waals surface area contributed by atoms with Gasteiger partial charge in [-0.3, -0.25) is 9.69 Å². The molecule has 202 valence electrons. The summed E-state index contributed by atoms with van der Waals surface area (Å²) in [5.41, 5.74) is 0.599. The maximum absolute atomic E-state index is 13.5. The Kier molecular flexibility index (Phi) is 8.31. The van der Waals surface area contributed by atoms with E-state index >= 15 is 0 Å². The summed E-state index contributed by atoms with van der Waals surface area (Å²) in [7, 11) is -1.93. The fourth-order valence-electron chi connectivity index (χ4n) is 3.95. The summed E-state index contributed by atoms with van der Waals surface area (Å²) in [6.07, 6.45) is -0.686. The SMILES string of the molecule is CC(C)(C)OC(=O)N(CC#N)c1cc(Cl)c(Cl)c2c1cc1n2CCN(CCO[Si](C)(C)C(C)(C)C)C1=O. The van der Waals surface area contributed by atoms with E-state index in [1.807, 2.05) is 10.6 Å². The van der Waals surface area contributed by atoms with Gasteiger partial charge >= 0.3 is 6.09 Å². The first-order valence-corrected chi connectivity index (χ1v) is 16.0. The Labute approximate surface area is 230 Å². The van der Waals surface area contributed by atoms with Gasteiger partial charge in [-0.25, -0.2) is 4.79 Å². The quantitative estimate of drug-likeness (QED) is 0.287.